The van der Waals surface area contributed by atoms with Gasteiger partial charge >= 0.3 is 0 Å². The first kappa shape index (κ1) is 22.2. The van der Waals surface area contributed by atoms with Crippen LogP contribution in [0.2, 0.25) is 0 Å². The number of amides is 1. The van der Waals surface area contributed by atoms with Gasteiger partial charge in [0.25, 0.3) is 5.91 Å². The lowest BCUT2D eigenvalue weighted by molar-refractivity contribution is 0.0727. The van der Waals surface area contributed by atoms with Crippen LogP contribution in [0, 0.1) is 11.6 Å². The maximum absolute atomic E-state index is 14.2. The molecule has 3 heterocycles. The van der Waals surface area contributed by atoms with Crippen LogP contribution < -0.4 is 9.64 Å². The van der Waals surface area contributed by atoms with E-state index >= 15 is 0 Å². The van der Waals surface area contributed by atoms with Crippen LogP contribution in [0.5, 0.6) is 11.6 Å². The van der Waals surface area contributed by atoms with Crippen molar-refractivity contribution in [3.63, 3.8) is 0 Å². The standard InChI is InChI=1S/C25H25F2N5O2/c1-30-11-13-31(14-12-30)25-28-22-9-10-32(24(33)19-7-2-3-8-21(19)27)16-20(22)23(29-25)34-18-6-4-5-17(26)15-18/h2-8,15H,9-14,16H2,1H3. The second-order valence-corrected chi connectivity index (χ2v) is 8.56. The van der Waals surface area contributed by atoms with Gasteiger partial charge in [-0.2, -0.15) is 4.98 Å². The maximum Gasteiger partial charge on any atom is 0.257 e. The lowest BCUT2D eigenvalue weighted by Gasteiger charge is -2.34. The number of benzene rings is 2. The molecule has 176 valence electrons. The summed E-state index contributed by atoms with van der Waals surface area (Å²) in [5, 5.41) is 0. The van der Waals surface area contributed by atoms with E-state index in [0.717, 1.165) is 31.9 Å². The zero-order chi connectivity index (χ0) is 23.7. The van der Waals surface area contributed by atoms with Gasteiger partial charge in [0, 0.05) is 45.2 Å². The molecule has 3 aromatic rings. The molecule has 1 aromatic heterocycles. The summed E-state index contributed by atoms with van der Waals surface area (Å²) in [6.07, 6.45) is 0.484. The van der Waals surface area contributed by atoms with E-state index in [1.807, 2.05) is 0 Å². The Balaban J connectivity index is 1.49. The zero-order valence-electron chi connectivity index (χ0n) is 18.9. The molecule has 1 fully saturated rings. The lowest BCUT2D eigenvalue weighted by atomic mass is 10.0. The van der Waals surface area contributed by atoms with Crippen molar-refractivity contribution in [2.24, 2.45) is 0 Å². The number of carbonyl (C=O) groups excluding carboxylic acids is 1. The minimum absolute atomic E-state index is 0.0218. The molecule has 1 saturated heterocycles. The number of hydrogen-bond acceptors (Lipinski definition) is 6. The van der Waals surface area contributed by atoms with E-state index in [4.69, 9.17) is 9.72 Å². The fraction of sp³-hybridized carbons (Fsp3) is 0.320. The number of piperazine rings is 1. The summed E-state index contributed by atoms with van der Waals surface area (Å²) in [4.78, 5) is 28.4. The van der Waals surface area contributed by atoms with Crippen LogP contribution in [0.1, 0.15) is 21.6 Å². The molecule has 7 nitrogen and oxygen atoms in total. The zero-order valence-corrected chi connectivity index (χ0v) is 18.9. The molecule has 0 spiro atoms. The van der Waals surface area contributed by atoms with Crippen molar-refractivity contribution in [1.82, 2.24) is 19.8 Å². The molecule has 0 radical (unpaired) electrons. The number of rotatable bonds is 4. The number of hydrogen-bond donors (Lipinski definition) is 0. The fourth-order valence-electron chi connectivity index (χ4n) is 4.22. The Morgan fingerprint density at radius 2 is 1.76 bits per heavy atom. The van der Waals surface area contributed by atoms with E-state index in [-0.39, 0.29) is 18.0 Å². The molecule has 9 heteroatoms. The van der Waals surface area contributed by atoms with Gasteiger partial charge in [-0.25, -0.2) is 13.8 Å². The average Bonchev–Trinajstić information content (AvgIpc) is 2.84. The van der Waals surface area contributed by atoms with Crippen LogP contribution in [-0.4, -0.2) is 65.4 Å². The highest BCUT2D eigenvalue weighted by atomic mass is 19.1. The van der Waals surface area contributed by atoms with Crippen LogP contribution in [0.25, 0.3) is 0 Å². The third kappa shape index (κ3) is 4.56. The Bertz CT molecular complexity index is 1210. The predicted molar refractivity (Wildman–Crippen MR) is 123 cm³/mol. The van der Waals surface area contributed by atoms with Gasteiger partial charge in [0.15, 0.2) is 0 Å². The number of likely N-dealkylation sites (N-methyl/N-ethyl adjacent to an activating group) is 1. The van der Waals surface area contributed by atoms with Gasteiger partial charge in [-0.15, -0.1) is 0 Å². The molecule has 2 aliphatic heterocycles. The summed E-state index contributed by atoms with van der Waals surface area (Å²) >= 11 is 0. The van der Waals surface area contributed by atoms with Gasteiger partial charge in [-0.1, -0.05) is 18.2 Å². The van der Waals surface area contributed by atoms with Crippen molar-refractivity contribution < 1.29 is 18.3 Å². The summed E-state index contributed by atoms with van der Waals surface area (Å²) in [5.74, 6) is -0.221. The van der Waals surface area contributed by atoms with Crippen molar-refractivity contribution in [2.75, 3.05) is 44.7 Å². The van der Waals surface area contributed by atoms with E-state index in [1.54, 1.807) is 29.2 Å². The fourth-order valence-corrected chi connectivity index (χ4v) is 4.22. The highest BCUT2D eigenvalue weighted by Crippen LogP contribution is 2.32. The van der Waals surface area contributed by atoms with E-state index in [1.165, 1.54) is 24.3 Å². The summed E-state index contributed by atoms with van der Waals surface area (Å²) in [6.45, 7) is 3.94. The van der Waals surface area contributed by atoms with Crippen molar-refractivity contribution >= 4 is 11.9 Å². The quantitative estimate of drug-likeness (QED) is 0.588. The molecule has 5 rings (SSSR count). The van der Waals surface area contributed by atoms with Gasteiger partial charge in [0.1, 0.15) is 17.4 Å². The average molecular weight is 466 g/mol. The summed E-state index contributed by atoms with van der Waals surface area (Å²) < 4.78 is 34.1. The third-order valence-corrected chi connectivity index (χ3v) is 6.20. The first-order chi connectivity index (χ1) is 16.5. The lowest BCUT2D eigenvalue weighted by Crippen LogP contribution is -2.45. The molecule has 0 unspecified atom stereocenters. The molecule has 0 N–H and O–H groups in total. The van der Waals surface area contributed by atoms with Crippen LogP contribution in [0.4, 0.5) is 14.7 Å². The summed E-state index contributed by atoms with van der Waals surface area (Å²) in [7, 11) is 2.07. The third-order valence-electron chi connectivity index (χ3n) is 6.20. The first-order valence-corrected chi connectivity index (χ1v) is 11.3. The Morgan fingerprint density at radius 1 is 0.971 bits per heavy atom. The number of ether oxygens (including phenoxy) is 1. The smallest absolute Gasteiger partial charge is 0.257 e. The highest BCUT2D eigenvalue weighted by Gasteiger charge is 2.29. The summed E-state index contributed by atoms with van der Waals surface area (Å²) in [6, 6.07) is 11.8. The van der Waals surface area contributed by atoms with Gasteiger partial charge < -0.3 is 19.4 Å². The molecule has 2 aromatic carbocycles. The van der Waals surface area contributed by atoms with Crippen molar-refractivity contribution in [2.45, 2.75) is 13.0 Å². The van der Waals surface area contributed by atoms with Crippen LogP contribution in [0.3, 0.4) is 0 Å². The molecule has 0 aliphatic carbocycles. The van der Waals surface area contributed by atoms with Gasteiger partial charge in [0.2, 0.25) is 11.8 Å². The number of nitrogens with zero attached hydrogens (tertiary/aromatic N) is 5. The van der Waals surface area contributed by atoms with Crippen molar-refractivity contribution in [3.8, 4) is 11.6 Å². The Kier molecular flexibility index (Phi) is 6.10. The van der Waals surface area contributed by atoms with Crippen molar-refractivity contribution in [1.29, 1.82) is 0 Å². The normalized spacial score (nSPS) is 16.3. The number of carbonyl (C=O) groups is 1. The van der Waals surface area contributed by atoms with E-state index in [9.17, 15) is 13.6 Å². The van der Waals surface area contributed by atoms with E-state index in [2.05, 4.69) is 21.8 Å². The Labute approximate surface area is 196 Å². The van der Waals surface area contributed by atoms with Crippen LogP contribution >= 0.6 is 0 Å². The number of anilines is 1. The molecule has 2 aliphatic rings. The van der Waals surface area contributed by atoms with Gasteiger partial charge in [-0.3, -0.25) is 4.79 Å². The Morgan fingerprint density at radius 3 is 2.53 bits per heavy atom. The molecule has 1 amide bonds. The van der Waals surface area contributed by atoms with Crippen LogP contribution in [-0.2, 0) is 13.0 Å². The van der Waals surface area contributed by atoms with Gasteiger partial charge in [-0.05, 0) is 31.3 Å². The molecule has 0 atom stereocenters. The number of halogens is 2. The highest BCUT2D eigenvalue weighted by molar-refractivity contribution is 5.94. The minimum Gasteiger partial charge on any atom is -0.438 e. The predicted octanol–water partition coefficient (Wildman–Crippen LogP) is 3.50. The molecular formula is C25H25F2N5O2. The topological polar surface area (TPSA) is 61.8 Å². The second-order valence-electron chi connectivity index (χ2n) is 8.56. The number of aromatic nitrogens is 2. The van der Waals surface area contributed by atoms with Gasteiger partial charge in [0.05, 0.1) is 23.4 Å². The Hall–Kier alpha value is -3.59. The van der Waals surface area contributed by atoms with E-state index < -0.39 is 17.5 Å². The molecule has 0 saturated carbocycles. The molecular weight excluding hydrogens is 440 g/mol. The summed E-state index contributed by atoms with van der Waals surface area (Å²) in [5.41, 5.74) is 1.46. The SMILES string of the molecule is CN1CCN(c2nc3c(c(Oc4cccc(F)c4)n2)CN(C(=O)c2ccccc2F)CC3)CC1. The molecule has 0 bridgehead atoms. The minimum atomic E-state index is -0.559. The largest absolute Gasteiger partial charge is 0.438 e. The second kappa shape index (κ2) is 9.34. The first-order valence-electron chi connectivity index (χ1n) is 11.3. The van der Waals surface area contributed by atoms with Crippen molar-refractivity contribution in [3.05, 3.63) is 77.0 Å². The van der Waals surface area contributed by atoms with Crippen LogP contribution in [0.15, 0.2) is 48.5 Å². The monoisotopic (exact) mass is 465 g/mol. The number of fused-ring (bicyclic) bond motifs is 1. The molecule has 34 heavy (non-hydrogen) atoms. The van der Waals surface area contributed by atoms with E-state index in [0.29, 0.717) is 30.2 Å². The maximum atomic E-state index is 14.2.